The van der Waals surface area contributed by atoms with Gasteiger partial charge in [0.05, 0.1) is 6.54 Å². The van der Waals surface area contributed by atoms with Crippen molar-refractivity contribution in [2.24, 2.45) is 21.0 Å². The molecule has 3 N–H and O–H groups in total. The third-order valence-corrected chi connectivity index (χ3v) is 4.96. The first-order valence-electron chi connectivity index (χ1n) is 9.47. The maximum atomic E-state index is 11.5. The van der Waals surface area contributed by atoms with Gasteiger partial charge >= 0.3 is 0 Å². The molecule has 0 bridgehead atoms. The summed E-state index contributed by atoms with van der Waals surface area (Å²) in [5, 5.41) is 12.8. The summed E-state index contributed by atoms with van der Waals surface area (Å²) in [5.41, 5.74) is 12.0. The van der Waals surface area contributed by atoms with Gasteiger partial charge in [-0.3, -0.25) is 4.79 Å². The smallest absolute Gasteiger partial charge is 0.248 e. The minimum atomic E-state index is -0.441. The average molecular weight is 426 g/mol. The molecule has 1 aliphatic rings. The van der Waals surface area contributed by atoms with Crippen molar-refractivity contribution in [3.8, 4) is 0 Å². The average Bonchev–Trinajstić information content (AvgIpc) is 3.16. The maximum Gasteiger partial charge on any atom is 0.248 e. The number of hydrazone groups is 1. The molecule has 1 heterocycles. The van der Waals surface area contributed by atoms with E-state index in [1.165, 1.54) is 0 Å². The molecule has 0 aromatic heterocycles. The summed E-state index contributed by atoms with van der Waals surface area (Å²) in [5.74, 6) is 0.203. The molecule has 1 amide bonds. The number of nitrogens with one attached hydrogen (secondary N) is 1. The third kappa shape index (κ3) is 4.96. The van der Waals surface area contributed by atoms with Gasteiger partial charge in [-0.15, -0.1) is 5.10 Å². The van der Waals surface area contributed by atoms with Gasteiger partial charge in [0, 0.05) is 48.8 Å². The zero-order chi connectivity index (χ0) is 21.5. The predicted octanol–water partition coefficient (Wildman–Crippen LogP) is 2.83. The molecule has 30 heavy (non-hydrogen) atoms. The van der Waals surface area contributed by atoms with Crippen LogP contribution in [0.4, 0.5) is 5.69 Å². The van der Waals surface area contributed by atoms with Crippen LogP contribution in [0.2, 0.25) is 5.02 Å². The molecular formula is C21H24ClN7O. The van der Waals surface area contributed by atoms with Crippen LogP contribution in [0.15, 0.2) is 57.8 Å². The summed E-state index contributed by atoms with van der Waals surface area (Å²) in [7, 11) is 0. The lowest BCUT2D eigenvalue weighted by Crippen LogP contribution is -2.44. The van der Waals surface area contributed by atoms with Crippen molar-refractivity contribution in [3.63, 3.8) is 0 Å². The molecule has 156 valence electrons. The first-order valence-corrected chi connectivity index (χ1v) is 9.85. The highest BCUT2D eigenvalue weighted by molar-refractivity contribution is 6.30. The number of hydrogen-bond donors (Lipinski definition) is 2. The lowest BCUT2D eigenvalue weighted by molar-refractivity contribution is 0.1000. The molecule has 2 aromatic carbocycles. The van der Waals surface area contributed by atoms with Crippen LogP contribution in [0.5, 0.6) is 0 Å². The zero-order valence-corrected chi connectivity index (χ0v) is 17.5. The Labute approximate surface area is 180 Å². The molecular weight excluding hydrogens is 402 g/mol. The van der Waals surface area contributed by atoms with Gasteiger partial charge in [0.1, 0.15) is 0 Å². The Morgan fingerprint density at radius 1 is 1.27 bits per heavy atom. The van der Waals surface area contributed by atoms with Crippen molar-refractivity contribution < 1.29 is 4.79 Å². The third-order valence-electron chi connectivity index (χ3n) is 4.70. The highest BCUT2D eigenvalue weighted by Crippen LogP contribution is 2.27. The Morgan fingerprint density at radius 2 is 2.00 bits per heavy atom. The van der Waals surface area contributed by atoms with Crippen LogP contribution < -0.4 is 16.1 Å². The van der Waals surface area contributed by atoms with Gasteiger partial charge in [0.25, 0.3) is 0 Å². The van der Waals surface area contributed by atoms with Gasteiger partial charge in [-0.1, -0.05) is 17.7 Å². The standard InChI is InChI=1S/C21H24ClN7O/c1-3-25-26-10-11-29(19-8-6-18(22)7-9-19)21(27-24-2)28-13-16-5-4-15(20(23)30)12-17(16)14-28/h3-9,12,26H,2,10-11,13-14H2,1H3,(H2,23,30)/b25-3-,27-21-. The number of nitrogens with two attached hydrogens (primary N) is 1. The van der Waals surface area contributed by atoms with Gasteiger partial charge in [0.2, 0.25) is 11.9 Å². The summed E-state index contributed by atoms with van der Waals surface area (Å²) in [6.07, 6.45) is 1.69. The molecule has 0 saturated heterocycles. The summed E-state index contributed by atoms with van der Waals surface area (Å²) in [6, 6.07) is 13.0. The molecule has 0 spiro atoms. The van der Waals surface area contributed by atoms with E-state index in [4.69, 9.17) is 17.3 Å². The van der Waals surface area contributed by atoms with E-state index in [0.717, 1.165) is 16.8 Å². The summed E-state index contributed by atoms with van der Waals surface area (Å²) < 4.78 is 0. The van der Waals surface area contributed by atoms with Crippen LogP contribution in [-0.4, -0.2) is 42.8 Å². The Hall–Kier alpha value is -3.39. The van der Waals surface area contributed by atoms with Gasteiger partial charge in [0.15, 0.2) is 0 Å². The van der Waals surface area contributed by atoms with Gasteiger partial charge in [-0.05, 0) is 54.4 Å². The van der Waals surface area contributed by atoms with E-state index in [1.54, 1.807) is 12.3 Å². The topological polar surface area (TPSA) is 98.7 Å². The zero-order valence-electron chi connectivity index (χ0n) is 16.8. The van der Waals surface area contributed by atoms with Gasteiger partial charge < -0.3 is 21.0 Å². The Bertz CT molecular complexity index is 972. The Balaban J connectivity index is 1.90. The van der Waals surface area contributed by atoms with E-state index in [1.807, 2.05) is 48.2 Å². The highest BCUT2D eigenvalue weighted by Gasteiger charge is 2.27. The molecule has 0 unspecified atom stereocenters. The number of nitrogens with zero attached hydrogens (tertiary/aromatic N) is 5. The minimum absolute atomic E-state index is 0.441. The monoisotopic (exact) mass is 425 g/mol. The lowest BCUT2D eigenvalue weighted by atomic mass is 10.1. The Morgan fingerprint density at radius 3 is 2.67 bits per heavy atom. The first-order chi connectivity index (χ1) is 14.5. The van der Waals surface area contributed by atoms with Crippen molar-refractivity contribution in [2.45, 2.75) is 20.0 Å². The van der Waals surface area contributed by atoms with Crippen LogP contribution in [0.25, 0.3) is 0 Å². The van der Waals surface area contributed by atoms with Crippen molar-refractivity contribution in [3.05, 3.63) is 64.2 Å². The van der Waals surface area contributed by atoms with Crippen molar-refractivity contribution >= 4 is 42.1 Å². The van der Waals surface area contributed by atoms with E-state index in [0.29, 0.717) is 42.7 Å². The number of primary amides is 1. The van der Waals surface area contributed by atoms with Crippen LogP contribution in [0, 0.1) is 0 Å². The quantitative estimate of drug-likeness (QED) is 0.308. The fourth-order valence-corrected chi connectivity index (χ4v) is 3.45. The van der Waals surface area contributed by atoms with E-state index in [2.05, 4.69) is 32.3 Å². The number of rotatable bonds is 7. The van der Waals surface area contributed by atoms with Crippen molar-refractivity contribution in [2.75, 3.05) is 18.0 Å². The number of hydrogen-bond acceptors (Lipinski definition) is 5. The second kappa shape index (κ2) is 9.89. The fraction of sp³-hybridized carbons (Fsp3) is 0.238. The molecule has 8 nitrogen and oxygen atoms in total. The number of carbonyl (C=O) groups excluding carboxylic acids is 1. The number of benzene rings is 2. The SMILES string of the molecule is C=N/N=C(/N1Cc2ccc(C(N)=O)cc2C1)N(CCN/N=C\C)c1ccc(Cl)cc1. The molecule has 1 aliphatic heterocycles. The number of guanidine groups is 1. The Kier molecular flexibility index (Phi) is 7.03. The van der Waals surface area contributed by atoms with Crippen LogP contribution in [0.3, 0.4) is 0 Å². The molecule has 0 radical (unpaired) electrons. The number of anilines is 1. The minimum Gasteiger partial charge on any atom is -0.366 e. The molecule has 0 saturated carbocycles. The largest absolute Gasteiger partial charge is 0.366 e. The molecule has 3 rings (SSSR count). The van der Waals surface area contributed by atoms with E-state index in [9.17, 15) is 4.79 Å². The number of carbonyl (C=O) groups is 1. The number of fused-ring (bicyclic) bond motifs is 1. The molecule has 2 aromatic rings. The summed E-state index contributed by atoms with van der Waals surface area (Å²) in [4.78, 5) is 15.7. The van der Waals surface area contributed by atoms with Crippen LogP contribution in [0.1, 0.15) is 28.4 Å². The molecule has 0 atom stereocenters. The summed E-state index contributed by atoms with van der Waals surface area (Å²) >= 11 is 6.07. The van der Waals surface area contributed by atoms with Crippen LogP contribution in [-0.2, 0) is 13.1 Å². The van der Waals surface area contributed by atoms with Crippen molar-refractivity contribution in [1.29, 1.82) is 0 Å². The molecule has 9 heteroatoms. The number of halogens is 1. The van der Waals surface area contributed by atoms with E-state index < -0.39 is 5.91 Å². The predicted molar refractivity (Wildman–Crippen MR) is 122 cm³/mol. The van der Waals surface area contributed by atoms with Crippen LogP contribution >= 0.6 is 11.6 Å². The second-order valence-electron chi connectivity index (χ2n) is 6.67. The normalized spacial score (nSPS) is 13.4. The molecule has 0 aliphatic carbocycles. The van der Waals surface area contributed by atoms with E-state index >= 15 is 0 Å². The molecule has 0 fully saturated rings. The van der Waals surface area contributed by atoms with Gasteiger partial charge in [-0.2, -0.15) is 10.2 Å². The van der Waals surface area contributed by atoms with E-state index in [-0.39, 0.29) is 0 Å². The van der Waals surface area contributed by atoms with Crippen molar-refractivity contribution in [1.82, 2.24) is 10.3 Å². The maximum absolute atomic E-state index is 11.5. The number of amides is 1. The van der Waals surface area contributed by atoms with Gasteiger partial charge in [-0.25, -0.2) is 0 Å². The highest BCUT2D eigenvalue weighted by atomic mass is 35.5. The summed E-state index contributed by atoms with van der Waals surface area (Å²) in [6.45, 7) is 7.79. The lowest BCUT2D eigenvalue weighted by Gasteiger charge is -2.31. The fourth-order valence-electron chi connectivity index (χ4n) is 3.32. The second-order valence-corrected chi connectivity index (χ2v) is 7.11. The first kappa shape index (κ1) is 21.3.